The number of fused-ring (bicyclic) bond motifs is 1. The van der Waals surface area contributed by atoms with E-state index in [4.69, 9.17) is 0 Å². The second-order valence-corrected chi connectivity index (χ2v) is 8.12. The zero-order chi connectivity index (χ0) is 23.6. The van der Waals surface area contributed by atoms with Crippen molar-refractivity contribution in [2.75, 3.05) is 0 Å². The standard InChI is InChI=1S/C34H30/c1-3-27-21-18-26-31(29(27)4-2)33-23-15-11-10-14-22-30(32-24-16-17-25-34(32)33)28-19-12-8-6-5-7-9-13-20-28/h3-21,24-26H,1-2,22-23H2. The van der Waals surface area contributed by atoms with Gasteiger partial charge in [-0.3, -0.25) is 0 Å². The molecule has 1 aliphatic rings. The van der Waals surface area contributed by atoms with E-state index in [0.29, 0.717) is 0 Å². The molecule has 0 aliphatic heterocycles. The third-order valence-electron chi connectivity index (χ3n) is 6.06. The van der Waals surface area contributed by atoms with Gasteiger partial charge in [0, 0.05) is 0 Å². The first-order chi connectivity index (χ1) is 16.8. The highest BCUT2D eigenvalue weighted by atomic mass is 14.1. The average Bonchev–Trinajstić information content (AvgIpc) is 2.89. The number of hydrogen-bond donors (Lipinski definition) is 0. The molecule has 3 aromatic carbocycles. The van der Waals surface area contributed by atoms with E-state index in [1.54, 1.807) is 0 Å². The quantitative estimate of drug-likeness (QED) is 0.398. The summed E-state index contributed by atoms with van der Waals surface area (Å²) in [6.07, 6.45) is 14.3. The van der Waals surface area contributed by atoms with Gasteiger partial charge in [-0.15, -0.1) is 0 Å². The summed E-state index contributed by atoms with van der Waals surface area (Å²) < 4.78 is 0. The molecule has 0 fully saturated rings. The van der Waals surface area contributed by atoms with Crippen molar-refractivity contribution in [3.8, 4) is 0 Å². The van der Waals surface area contributed by atoms with E-state index in [1.807, 2.05) is 18.2 Å². The molecule has 0 saturated heterocycles. The summed E-state index contributed by atoms with van der Waals surface area (Å²) in [5.74, 6) is 0. The van der Waals surface area contributed by atoms with Gasteiger partial charge < -0.3 is 0 Å². The molecule has 0 heterocycles. The zero-order valence-corrected chi connectivity index (χ0v) is 19.5. The second kappa shape index (κ2) is 11.6. The number of benzene rings is 2. The lowest BCUT2D eigenvalue weighted by Gasteiger charge is -2.15. The summed E-state index contributed by atoms with van der Waals surface area (Å²) >= 11 is 0. The molecular formula is C34H30. The molecule has 0 N–H and O–H groups in total. The molecule has 4 rings (SSSR count). The van der Waals surface area contributed by atoms with Gasteiger partial charge in [-0.2, -0.15) is 0 Å². The van der Waals surface area contributed by atoms with Crippen LogP contribution in [0.25, 0.3) is 23.3 Å². The van der Waals surface area contributed by atoms with Crippen molar-refractivity contribution in [3.63, 3.8) is 0 Å². The first-order valence-corrected chi connectivity index (χ1v) is 11.7. The number of allylic oxidation sites excluding steroid dienone is 4. The van der Waals surface area contributed by atoms with Crippen LogP contribution in [0.1, 0.15) is 35.1 Å². The van der Waals surface area contributed by atoms with Gasteiger partial charge in [0.1, 0.15) is 0 Å². The molecule has 1 aliphatic carbocycles. The van der Waals surface area contributed by atoms with E-state index in [-0.39, 0.29) is 0 Å². The van der Waals surface area contributed by atoms with Crippen LogP contribution in [0.2, 0.25) is 0 Å². The highest BCUT2D eigenvalue weighted by Gasteiger charge is 2.11. The fourth-order valence-corrected chi connectivity index (χ4v) is 4.43. The SMILES string of the molecule is C=Cc1cccc(C2=c3ccccc3=C(c3ccccccccc3)CC=CC=CC2)c1C=C. The maximum atomic E-state index is 4.12. The summed E-state index contributed by atoms with van der Waals surface area (Å²) in [6, 6.07) is 34.1. The first kappa shape index (κ1) is 23.0. The predicted octanol–water partition coefficient (Wildman–Crippen LogP) is 7.40. The Morgan fingerprint density at radius 2 is 1.09 bits per heavy atom. The fourth-order valence-electron chi connectivity index (χ4n) is 4.43. The summed E-state index contributed by atoms with van der Waals surface area (Å²) in [5.41, 5.74) is 7.24. The molecule has 0 radical (unpaired) electrons. The molecule has 3 aromatic rings. The van der Waals surface area contributed by atoms with Gasteiger partial charge in [-0.1, -0.05) is 147 Å². The van der Waals surface area contributed by atoms with Gasteiger partial charge in [0.25, 0.3) is 0 Å². The minimum atomic E-state index is 0.832. The summed E-state index contributed by atoms with van der Waals surface area (Å²) in [4.78, 5) is 0. The average molecular weight is 439 g/mol. The van der Waals surface area contributed by atoms with E-state index in [2.05, 4.69) is 128 Å². The van der Waals surface area contributed by atoms with Crippen molar-refractivity contribution in [2.45, 2.75) is 12.8 Å². The molecule has 0 amide bonds. The molecule has 166 valence electrons. The van der Waals surface area contributed by atoms with Crippen LogP contribution in [0.3, 0.4) is 0 Å². The lowest BCUT2D eigenvalue weighted by Crippen LogP contribution is -2.30. The molecule has 0 nitrogen and oxygen atoms in total. The molecule has 0 aromatic heterocycles. The Kier molecular flexibility index (Phi) is 7.87. The van der Waals surface area contributed by atoms with Crippen LogP contribution in [0.15, 0.2) is 135 Å². The van der Waals surface area contributed by atoms with Crippen LogP contribution in [0, 0.1) is 0 Å². The monoisotopic (exact) mass is 438 g/mol. The van der Waals surface area contributed by atoms with E-state index in [1.165, 1.54) is 32.7 Å². The van der Waals surface area contributed by atoms with Crippen molar-refractivity contribution in [3.05, 3.63) is 167 Å². The van der Waals surface area contributed by atoms with Gasteiger partial charge in [-0.25, -0.2) is 0 Å². The Labute approximate surface area is 203 Å². The van der Waals surface area contributed by atoms with Crippen molar-refractivity contribution < 1.29 is 0 Å². The third-order valence-corrected chi connectivity index (χ3v) is 6.06. The Morgan fingerprint density at radius 1 is 0.529 bits per heavy atom. The molecule has 0 atom stereocenters. The molecule has 0 heteroatoms. The van der Waals surface area contributed by atoms with Gasteiger partial charge in [0.15, 0.2) is 0 Å². The fraction of sp³-hybridized carbons (Fsp3) is 0.0588. The van der Waals surface area contributed by atoms with Crippen LogP contribution < -0.4 is 10.4 Å². The van der Waals surface area contributed by atoms with Gasteiger partial charge in [0.2, 0.25) is 0 Å². The van der Waals surface area contributed by atoms with Gasteiger partial charge in [-0.05, 0) is 56.7 Å². The number of hydrogen-bond acceptors (Lipinski definition) is 0. The highest BCUT2D eigenvalue weighted by molar-refractivity contribution is 5.80. The molecule has 34 heavy (non-hydrogen) atoms. The Balaban J connectivity index is 2.16. The van der Waals surface area contributed by atoms with Gasteiger partial charge in [0.05, 0.1) is 0 Å². The summed E-state index contributed by atoms with van der Waals surface area (Å²) in [5, 5.41) is 2.52. The zero-order valence-electron chi connectivity index (χ0n) is 19.5. The molecule has 0 saturated carbocycles. The Morgan fingerprint density at radius 3 is 1.71 bits per heavy atom. The van der Waals surface area contributed by atoms with Crippen molar-refractivity contribution in [1.82, 2.24) is 0 Å². The van der Waals surface area contributed by atoms with Crippen molar-refractivity contribution in [2.24, 2.45) is 0 Å². The van der Waals surface area contributed by atoms with Crippen LogP contribution >= 0.6 is 0 Å². The Bertz CT molecular complexity index is 1400. The molecule has 0 spiro atoms. The maximum absolute atomic E-state index is 4.12. The molecule has 0 bridgehead atoms. The minimum Gasteiger partial charge on any atom is -0.0984 e. The van der Waals surface area contributed by atoms with Gasteiger partial charge >= 0.3 is 0 Å². The largest absolute Gasteiger partial charge is 0.0984 e. The van der Waals surface area contributed by atoms with Crippen LogP contribution in [-0.2, 0) is 0 Å². The maximum Gasteiger partial charge on any atom is -0.00820 e. The summed E-state index contributed by atoms with van der Waals surface area (Å²) in [6.45, 7) is 8.14. The lowest BCUT2D eigenvalue weighted by molar-refractivity contribution is 1.28. The smallest absolute Gasteiger partial charge is 0.00820 e. The Hall–Kier alpha value is -4.16. The minimum absolute atomic E-state index is 0.832. The van der Waals surface area contributed by atoms with Crippen molar-refractivity contribution >= 4 is 23.3 Å². The van der Waals surface area contributed by atoms with Crippen LogP contribution in [0.4, 0.5) is 0 Å². The highest BCUT2D eigenvalue weighted by Crippen LogP contribution is 2.26. The number of rotatable bonds is 4. The first-order valence-electron chi connectivity index (χ1n) is 11.7. The van der Waals surface area contributed by atoms with E-state index < -0.39 is 0 Å². The molecular weight excluding hydrogens is 408 g/mol. The topological polar surface area (TPSA) is 0 Å². The van der Waals surface area contributed by atoms with Crippen molar-refractivity contribution in [1.29, 1.82) is 0 Å². The van der Waals surface area contributed by atoms with E-state index >= 15 is 0 Å². The van der Waals surface area contributed by atoms with E-state index in [0.717, 1.165) is 24.0 Å². The predicted molar refractivity (Wildman–Crippen MR) is 149 cm³/mol. The third kappa shape index (κ3) is 5.24. The van der Waals surface area contributed by atoms with Crippen LogP contribution in [0.5, 0.6) is 0 Å². The van der Waals surface area contributed by atoms with Crippen LogP contribution in [-0.4, -0.2) is 0 Å². The second-order valence-electron chi connectivity index (χ2n) is 8.12. The summed E-state index contributed by atoms with van der Waals surface area (Å²) in [7, 11) is 0. The van der Waals surface area contributed by atoms with E-state index in [9.17, 15) is 0 Å². The normalized spacial score (nSPS) is 12.9. The lowest BCUT2D eigenvalue weighted by atomic mass is 9.89. The molecule has 0 unspecified atom stereocenters.